The third-order valence-electron chi connectivity index (χ3n) is 4.54. The lowest BCUT2D eigenvalue weighted by Crippen LogP contribution is -2.42. The number of carbonyl (C=O) groups is 1. The van der Waals surface area contributed by atoms with Gasteiger partial charge in [-0.15, -0.1) is 0 Å². The zero-order chi connectivity index (χ0) is 16.4. The average Bonchev–Trinajstić information content (AvgIpc) is 2.88. The summed E-state index contributed by atoms with van der Waals surface area (Å²) in [6.45, 7) is 5.59. The summed E-state index contributed by atoms with van der Waals surface area (Å²) in [5.41, 5.74) is 4.17. The van der Waals surface area contributed by atoms with Gasteiger partial charge in [0, 0.05) is 31.9 Å². The summed E-state index contributed by atoms with van der Waals surface area (Å²) < 4.78 is 1.63. The molecule has 1 aromatic carbocycles. The molecular formula is C18H24N4O. The minimum Gasteiger partial charge on any atom is -0.367 e. The Bertz CT molecular complexity index is 707. The van der Waals surface area contributed by atoms with Crippen molar-refractivity contribution in [2.45, 2.75) is 32.7 Å². The van der Waals surface area contributed by atoms with Crippen molar-refractivity contribution >= 4 is 11.6 Å². The molecule has 0 fully saturated rings. The summed E-state index contributed by atoms with van der Waals surface area (Å²) in [7, 11) is 1.80. The Labute approximate surface area is 137 Å². The van der Waals surface area contributed by atoms with Crippen LogP contribution in [0.2, 0.25) is 0 Å². The molecule has 0 saturated heterocycles. The van der Waals surface area contributed by atoms with Crippen LogP contribution in [0, 0.1) is 6.92 Å². The molecule has 1 aliphatic rings. The molecule has 0 aliphatic carbocycles. The number of aryl methyl sites for hydroxylation is 3. The number of para-hydroxylation sites is 1. The second-order valence-electron chi connectivity index (χ2n) is 6.26. The Kier molecular flexibility index (Phi) is 4.37. The lowest BCUT2D eigenvalue weighted by Gasteiger charge is -2.37. The smallest absolute Gasteiger partial charge is 0.269 e. The molecule has 122 valence electrons. The van der Waals surface area contributed by atoms with Crippen molar-refractivity contribution in [2.75, 3.05) is 18.0 Å². The Morgan fingerprint density at radius 1 is 1.39 bits per heavy atom. The Morgan fingerprint density at radius 3 is 2.91 bits per heavy atom. The largest absolute Gasteiger partial charge is 0.367 e. The maximum Gasteiger partial charge on any atom is 0.269 e. The fourth-order valence-corrected chi connectivity index (χ4v) is 3.30. The molecule has 2 heterocycles. The van der Waals surface area contributed by atoms with Gasteiger partial charge in [-0.25, -0.2) is 0 Å². The first-order valence-corrected chi connectivity index (χ1v) is 8.19. The van der Waals surface area contributed by atoms with Crippen LogP contribution in [-0.2, 0) is 13.5 Å². The first-order valence-electron chi connectivity index (χ1n) is 8.19. The molecule has 0 unspecified atom stereocenters. The first kappa shape index (κ1) is 15.6. The van der Waals surface area contributed by atoms with Crippen molar-refractivity contribution in [3.63, 3.8) is 0 Å². The highest BCUT2D eigenvalue weighted by Crippen LogP contribution is 2.29. The van der Waals surface area contributed by atoms with E-state index in [1.807, 2.05) is 13.0 Å². The lowest BCUT2D eigenvalue weighted by atomic mass is 9.97. The number of hydrogen-bond donors (Lipinski definition) is 1. The van der Waals surface area contributed by atoms with Crippen LogP contribution in [0.4, 0.5) is 5.69 Å². The minimum atomic E-state index is -0.0638. The number of carbonyl (C=O) groups excluding carboxylic acids is 1. The van der Waals surface area contributed by atoms with E-state index in [0.717, 1.165) is 25.1 Å². The van der Waals surface area contributed by atoms with E-state index in [1.165, 1.54) is 11.3 Å². The van der Waals surface area contributed by atoms with Crippen LogP contribution < -0.4 is 10.2 Å². The zero-order valence-corrected chi connectivity index (χ0v) is 14.0. The van der Waals surface area contributed by atoms with Gasteiger partial charge in [0.2, 0.25) is 0 Å². The average molecular weight is 312 g/mol. The number of anilines is 1. The molecule has 2 aromatic rings. The topological polar surface area (TPSA) is 50.2 Å². The van der Waals surface area contributed by atoms with Gasteiger partial charge in [0.05, 0.1) is 5.69 Å². The fourth-order valence-electron chi connectivity index (χ4n) is 3.30. The molecule has 0 spiro atoms. The van der Waals surface area contributed by atoms with Gasteiger partial charge >= 0.3 is 0 Å². The molecule has 0 bridgehead atoms. The van der Waals surface area contributed by atoms with Gasteiger partial charge in [-0.1, -0.05) is 18.2 Å². The highest BCUT2D eigenvalue weighted by molar-refractivity contribution is 5.92. The SMILES string of the molecule is Cc1cc(C(=O)NCCN2c3ccccc3CC[C@@H]2C)n(C)n1. The molecule has 5 nitrogen and oxygen atoms in total. The van der Waals surface area contributed by atoms with Gasteiger partial charge < -0.3 is 10.2 Å². The summed E-state index contributed by atoms with van der Waals surface area (Å²) in [4.78, 5) is 14.7. The summed E-state index contributed by atoms with van der Waals surface area (Å²) in [5.74, 6) is -0.0638. The fraction of sp³-hybridized carbons (Fsp3) is 0.444. The maximum absolute atomic E-state index is 12.3. The predicted molar refractivity (Wildman–Crippen MR) is 91.8 cm³/mol. The number of fused-ring (bicyclic) bond motifs is 1. The summed E-state index contributed by atoms with van der Waals surface area (Å²) >= 11 is 0. The van der Waals surface area contributed by atoms with Crippen molar-refractivity contribution in [3.8, 4) is 0 Å². The molecule has 3 rings (SSSR count). The van der Waals surface area contributed by atoms with E-state index in [9.17, 15) is 4.79 Å². The van der Waals surface area contributed by atoms with Crippen LogP contribution in [0.15, 0.2) is 30.3 Å². The number of nitrogens with zero attached hydrogens (tertiary/aromatic N) is 3. The summed E-state index contributed by atoms with van der Waals surface area (Å²) in [5, 5.41) is 7.23. The molecule has 23 heavy (non-hydrogen) atoms. The molecule has 1 aliphatic heterocycles. The molecule has 1 N–H and O–H groups in total. The standard InChI is InChI=1S/C18H24N4O/c1-13-12-17(21(3)20-13)18(23)19-10-11-22-14(2)8-9-15-6-4-5-7-16(15)22/h4-7,12,14H,8-11H2,1-3H3,(H,19,23)/t14-/m0/s1. The number of rotatable bonds is 4. The molecule has 1 atom stereocenters. The molecule has 0 saturated carbocycles. The lowest BCUT2D eigenvalue weighted by molar-refractivity contribution is 0.0945. The van der Waals surface area contributed by atoms with Gasteiger partial charge in [-0.05, 0) is 44.4 Å². The zero-order valence-electron chi connectivity index (χ0n) is 14.0. The van der Waals surface area contributed by atoms with E-state index in [1.54, 1.807) is 11.7 Å². The van der Waals surface area contributed by atoms with E-state index < -0.39 is 0 Å². The van der Waals surface area contributed by atoms with Gasteiger partial charge in [-0.3, -0.25) is 9.48 Å². The third-order valence-corrected chi connectivity index (χ3v) is 4.54. The monoisotopic (exact) mass is 312 g/mol. The van der Waals surface area contributed by atoms with Crippen LogP contribution in [0.5, 0.6) is 0 Å². The molecular weight excluding hydrogens is 288 g/mol. The van der Waals surface area contributed by atoms with Crippen molar-refractivity contribution < 1.29 is 4.79 Å². The number of benzene rings is 1. The number of nitrogens with one attached hydrogen (secondary N) is 1. The Balaban J connectivity index is 1.62. The van der Waals surface area contributed by atoms with Crippen molar-refractivity contribution in [1.29, 1.82) is 0 Å². The van der Waals surface area contributed by atoms with Crippen LogP contribution in [-0.4, -0.2) is 34.8 Å². The summed E-state index contributed by atoms with van der Waals surface area (Å²) in [6, 6.07) is 10.9. The Morgan fingerprint density at radius 2 is 2.17 bits per heavy atom. The second-order valence-corrected chi connectivity index (χ2v) is 6.26. The maximum atomic E-state index is 12.3. The van der Waals surface area contributed by atoms with Gasteiger partial charge in [0.1, 0.15) is 5.69 Å². The van der Waals surface area contributed by atoms with Crippen LogP contribution >= 0.6 is 0 Å². The minimum absolute atomic E-state index is 0.0638. The number of aromatic nitrogens is 2. The number of amides is 1. The molecule has 5 heteroatoms. The third kappa shape index (κ3) is 3.23. The van der Waals surface area contributed by atoms with Crippen molar-refractivity contribution in [1.82, 2.24) is 15.1 Å². The van der Waals surface area contributed by atoms with E-state index in [-0.39, 0.29) is 5.91 Å². The van der Waals surface area contributed by atoms with Gasteiger partial charge in [0.25, 0.3) is 5.91 Å². The summed E-state index contributed by atoms with van der Waals surface area (Å²) in [6.07, 6.45) is 2.29. The molecule has 1 amide bonds. The van der Waals surface area contributed by atoms with Gasteiger partial charge in [-0.2, -0.15) is 5.10 Å². The van der Waals surface area contributed by atoms with Crippen LogP contribution in [0.3, 0.4) is 0 Å². The highest BCUT2D eigenvalue weighted by Gasteiger charge is 2.22. The van der Waals surface area contributed by atoms with Crippen LogP contribution in [0.25, 0.3) is 0 Å². The van der Waals surface area contributed by atoms with E-state index >= 15 is 0 Å². The number of hydrogen-bond acceptors (Lipinski definition) is 3. The van der Waals surface area contributed by atoms with Gasteiger partial charge in [0.15, 0.2) is 0 Å². The van der Waals surface area contributed by atoms with Crippen LogP contribution in [0.1, 0.15) is 35.1 Å². The predicted octanol–water partition coefficient (Wildman–Crippen LogP) is 2.30. The second kappa shape index (κ2) is 6.44. The quantitative estimate of drug-likeness (QED) is 0.942. The molecule has 1 aromatic heterocycles. The molecule has 0 radical (unpaired) electrons. The van der Waals surface area contributed by atoms with E-state index in [0.29, 0.717) is 18.3 Å². The first-order chi connectivity index (χ1) is 11.1. The van der Waals surface area contributed by atoms with E-state index in [4.69, 9.17) is 0 Å². The normalized spacial score (nSPS) is 17.0. The highest BCUT2D eigenvalue weighted by atomic mass is 16.2. The van der Waals surface area contributed by atoms with E-state index in [2.05, 4.69) is 46.5 Å². The van der Waals surface area contributed by atoms with Crippen molar-refractivity contribution in [3.05, 3.63) is 47.3 Å². The Hall–Kier alpha value is -2.30. The van der Waals surface area contributed by atoms with Crippen molar-refractivity contribution in [2.24, 2.45) is 7.05 Å².